The van der Waals surface area contributed by atoms with Gasteiger partial charge in [0.05, 0.1) is 10.7 Å². The average molecular weight is 284 g/mol. The number of nitrogens with zero attached hydrogens (tertiary/aromatic N) is 2. The van der Waals surface area contributed by atoms with E-state index in [4.69, 9.17) is 33.7 Å². The van der Waals surface area contributed by atoms with Gasteiger partial charge in [-0.25, -0.2) is 9.97 Å². The van der Waals surface area contributed by atoms with Crippen LogP contribution in [0.15, 0.2) is 24.3 Å². The maximum Gasteiger partial charge on any atom is 0.157 e. The highest BCUT2D eigenvalue weighted by atomic mass is 35.5. The van der Waals surface area contributed by atoms with Gasteiger partial charge in [0.2, 0.25) is 0 Å². The zero-order valence-electron chi connectivity index (χ0n) is 9.65. The van der Waals surface area contributed by atoms with E-state index < -0.39 is 0 Å². The summed E-state index contributed by atoms with van der Waals surface area (Å²) in [6, 6.07) is 6.86. The Bertz CT molecular complexity index is 575. The van der Waals surface area contributed by atoms with E-state index in [-0.39, 0.29) is 0 Å². The molecule has 1 aromatic heterocycles. The Balaban J connectivity index is 2.49. The molecule has 0 aliphatic heterocycles. The predicted molar refractivity (Wildman–Crippen MR) is 72.6 cm³/mol. The smallest absolute Gasteiger partial charge is 0.157 e. The van der Waals surface area contributed by atoms with Gasteiger partial charge < -0.3 is 10.5 Å². The maximum atomic E-state index is 6.13. The molecule has 0 fully saturated rings. The van der Waals surface area contributed by atoms with E-state index in [9.17, 15) is 0 Å². The minimum absolute atomic E-state index is 0.295. The molecular weight excluding hydrogens is 273 g/mol. The molecule has 0 aliphatic carbocycles. The lowest BCUT2D eigenvalue weighted by atomic mass is 10.1. The molecule has 0 saturated carbocycles. The van der Waals surface area contributed by atoms with Crippen molar-refractivity contribution in [3.8, 4) is 11.3 Å². The van der Waals surface area contributed by atoms with Crippen molar-refractivity contribution >= 4 is 29.0 Å². The molecule has 6 heteroatoms. The van der Waals surface area contributed by atoms with E-state index in [1.807, 2.05) is 0 Å². The predicted octanol–water partition coefficient (Wildman–Crippen LogP) is 3.18. The quantitative estimate of drug-likeness (QED) is 0.940. The highest BCUT2D eigenvalue weighted by Gasteiger charge is 2.09. The number of hydrogen-bond acceptors (Lipinski definition) is 4. The largest absolute Gasteiger partial charge is 0.384 e. The van der Waals surface area contributed by atoms with Crippen molar-refractivity contribution in [1.82, 2.24) is 9.97 Å². The molecule has 0 aliphatic rings. The molecule has 2 N–H and O–H groups in total. The van der Waals surface area contributed by atoms with Crippen LogP contribution in [0.25, 0.3) is 11.3 Å². The van der Waals surface area contributed by atoms with Gasteiger partial charge in [-0.05, 0) is 18.2 Å². The lowest BCUT2D eigenvalue weighted by molar-refractivity contribution is 0.178. The van der Waals surface area contributed by atoms with Crippen LogP contribution in [0.4, 0.5) is 5.82 Å². The van der Waals surface area contributed by atoms with Crippen LogP contribution >= 0.6 is 23.2 Å². The second-order valence-electron chi connectivity index (χ2n) is 3.65. The summed E-state index contributed by atoms with van der Waals surface area (Å²) in [7, 11) is 1.57. The lowest BCUT2D eigenvalue weighted by Crippen LogP contribution is -2.02. The number of halogens is 2. The Morgan fingerprint density at radius 1 is 1.22 bits per heavy atom. The van der Waals surface area contributed by atoms with E-state index in [1.54, 1.807) is 31.4 Å². The first-order valence-electron chi connectivity index (χ1n) is 5.18. The third-order valence-corrected chi connectivity index (χ3v) is 2.82. The summed E-state index contributed by atoms with van der Waals surface area (Å²) in [4.78, 5) is 8.41. The first kappa shape index (κ1) is 13.1. The molecule has 0 spiro atoms. The van der Waals surface area contributed by atoms with Crippen LogP contribution in [0, 0.1) is 0 Å². The summed E-state index contributed by atoms with van der Waals surface area (Å²) in [5.41, 5.74) is 7.14. The number of ether oxygens (including phenoxy) is 1. The van der Waals surface area contributed by atoms with E-state index in [0.717, 1.165) is 5.56 Å². The summed E-state index contributed by atoms with van der Waals surface area (Å²) >= 11 is 12.0. The summed E-state index contributed by atoms with van der Waals surface area (Å²) in [6.07, 6.45) is 0. The molecule has 0 atom stereocenters. The van der Waals surface area contributed by atoms with Gasteiger partial charge in [-0.2, -0.15) is 0 Å². The minimum atomic E-state index is 0.295. The van der Waals surface area contributed by atoms with Gasteiger partial charge in [0.1, 0.15) is 12.4 Å². The Labute approximate surface area is 115 Å². The molecule has 0 radical (unpaired) electrons. The normalized spacial score (nSPS) is 10.6. The van der Waals surface area contributed by atoms with Gasteiger partial charge in [-0.1, -0.05) is 23.2 Å². The standard InChI is InChI=1S/C12H11Cl2N3O/c1-18-6-12-16-10(5-11(15)17-12)8-3-2-7(13)4-9(8)14/h2-5H,6H2,1H3,(H2,15,16,17). The molecule has 2 rings (SSSR count). The molecule has 18 heavy (non-hydrogen) atoms. The highest BCUT2D eigenvalue weighted by molar-refractivity contribution is 6.36. The van der Waals surface area contributed by atoms with Crippen LogP contribution in [0.2, 0.25) is 10.0 Å². The van der Waals surface area contributed by atoms with Crippen LogP contribution in [-0.2, 0) is 11.3 Å². The van der Waals surface area contributed by atoms with Gasteiger partial charge >= 0.3 is 0 Å². The fraction of sp³-hybridized carbons (Fsp3) is 0.167. The molecule has 94 valence electrons. The SMILES string of the molecule is COCc1nc(N)cc(-c2ccc(Cl)cc2Cl)n1. The molecule has 1 heterocycles. The molecule has 0 unspecified atom stereocenters. The van der Waals surface area contributed by atoms with Gasteiger partial charge in [0, 0.05) is 23.8 Å². The van der Waals surface area contributed by atoms with Crippen molar-refractivity contribution in [1.29, 1.82) is 0 Å². The Morgan fingerprint density at radius 2 is 2.00 bits per heavy atom. The second kappa shape index (κ2) is 5.52. The number of rotatable bonds is 3. The molecule has 2 aromatic rings. The third-order valence-electron chi connectivity index (χ3n) is 2.27. The number of methoxy groups -OCH3 is 1. The van der Waals surface area contributed by atoms with Crippen LogP contribution < -0.4 is 5.73 Å². The maximum absolute atomic E-state index is 6.13. The zero-order chi connectivity index (χ0) is 13.1. The molecular formula is C12H11Cl2N3O. The van der Waals surface area contributed by atoms with Gasteiger partial charge in [-0.15, -0.1) is 0 Å². The first-order chi connectivity index (χ1) is 8.60. The fourth-order valence-electron chi connectivity index (χ4n) is 1.55. The molecule has 0 saturated heterocycles. The summed E-state index contributed by atoms with van der Waals surface area (Å²) in [5.74, 6) is 0.886. The summed E-state index contributed by atoms with van der Waals surface area (Å²) < 4.78 is 4.99. The second-order valence-corrected chi connectivity index (χ2v) is 4.50. The van der Waals surface area contributed by atoms with Crippen molar-refractivity contribution in [2.24, 2.45) is 0 Å². The Morgan fingerprint density at radius 3 is 2.67 bits per heavy atom. The van der Waals surface area contributed by atoms with Crippen molar-refractivity contribution in [2.75, 3.05) is 12.8 Å². The number of anilines is 1. The molecule has 1 aromatic carbocycles. The van der Waals surface area contributed by atoms with Crippen LogP contribution in [0.5, 0.6) is 0 Å². The Hall–Kier alpha value is -1.36. The van der Waals surface area contributed by atoms with Crippen molar-refractivity contribution in [3.05, 3.63) is 40.1 Å². The van der Waals surface area contributed by atoms with E-state index in [0.29, 0.717) is 34.0 Å². The lowest BCUT2D eigenvalue weighted by Gasteiger charge is -2.07. The minimum Gasteiger partial charge on any atom is -0.384 e. The fourth-order valence-corrected chi connectivity index (χ4v) is 2.05. The molecule has 0 bridgehead atoms. The number of nitrogen functional groups attached to an aromatic ring is 1. The van der Waals surface area contributed by atoms with Crippen LogP contribution in [0.3, 0.4) is 0 Å². The number of nitrogens with two attached hydrogens (primary N) is 1. The van der Waals surface area contributed by atoms with E-state index in [1.165, 1.54) is 0 Å². The van der Waals surface area contributed by atoms with Gasteiger partial charge in [0.15, 0.2) is 5.82 Å². The summed E-state index contributed by atoms with van der Waals surface area (Å²) in [5, 5.41) is 1.09. The number of aromatic nitrogens is 2. The number of hydrogen-bond donors (Lipinski definition) is 1. The van der Waals surface area contributed by atoms with Gasteiger partial charge in [0.25, 0.3) is 0 Å². The van der Waals surface area contributed by atoms with Gasteiger partial charge in [-0.3, -0.25) is 0 Å². The van der Waals surface area contributed by atoms with E-state index >= 15 is 0 Å². The highest BCUT2D eigenvalue weighted by Crippen LogP contribution is 2.29. The molecule has 0 amide bonds. The van der Waals surface area contributed by atoms with Crippen molar-refractivity contribution in [2.45, 2.75) is 6.61 Å². The molecule has 4 nitrogen and oxygen atoms in total. The van der Waals surface area contributed by atoms with Crippen LogP contribution in [0.1, 0.15) is 5.82 Å². The van der Waals surface area contributed by atoms with Crippen molar-refractivity contribution in [3.63, 3.8) is 0 Å². The monoisotopic (exact) mass is 283 g/mol. The topological polar surface area (TPSA) is 61.0 Å². The van der Waals surface area contributed by atoms with E-state index in [2.05, 4.69) is 9.97 Å². The Kier molecular flexibility index (Phi) is 4.01. The average Bonchev–Trinajstić information content (AvgIpc) is 2.28. The number of benzene rings is 1. The summed E-state index contributed by atoms with van der Waals surface area (Å²) in [6.45, 7) is 0.295. The van der Waals surface area contributed by atoms with Crippen molar-refractivity contribution < 1.29 is 4.74 Å². The zero-order valence-corrected chi connectivity index (χ0v) is 11.2. The third kappa shape index (κ3) is 2.90. The first-order valence-corrected chi connectivity index (χ1v) is 5.93. The van der Waals surface area contributed by atoms with Crippen LogP contribution in [-0.4, -0.2) is 17.1 Å².